The van der Waals surface area contributed by atoms with Gasteiger partial charge in [0.1, 0.15) is 5.52 Å². The number of pyridine rings is 2. The molecular formula is C19H14F3N5O2S. The Morgan fingerprint density at radius 2 is 2.00 bits per heavy atom. The van der Waals surface area contributed by atoms with E-state index >= 15 is 0 Å². The predicted molar refractivity (Wildman–Crippen MR) is 105 cm³/mol. The van der Waals surface area contributed by atoms with Crippen LogP contribution in [0.3, 0.4) is 0 Å². The highest BCUT2D eigenvalue weighted by atomic mass is 32.1. The van der Waals surface area contributed by atoms with Crippen LogP contribution in [0.5, 0.6) is 0 Å². The minimum atomic E-state index is -4.51. The van der Waals surface area contributed by atoms with Gasteiger partial charge in [-0.05, 0) is 36.7 Å². The molecule has 0 spiro atoms. The minimum absolute atomic E-state index is 0.180. The summed E-state index contributed by atoms with van der Waals surface area (Å²) in [6.07, 6.45) is -0.872. The van der Waals surface area contributed by atoms with Gasteiger partial charge in [-0.3, -0.25) is 14.3 Å². The summed E-state index contributed by atoms with van der Waals surface area (Å²) in [6.45, 7) is 1.41. The van der Waals surface area contributed by atoms with E-state index in [0.717, 1.165) is 12.3 Å². The van der Waals surface area contributed by atoms with Crippen molar-refractivity contribution in [2.45, 2.75) is 19.1 Å². The van der Waals surface area contributed by atoms with E-state index in [2.05, 4.69) is 19.3 Å². The van der Waals surface area contributed by atoms with E-state index in [1.54, 1.807) is 18.5 Å². The van der Waals surface area contributed by atoms with Gasteiger partial charge in [-0.2, -0.15) is 13.2 Å². The monoisotopic (exact) mass is 433 g/mol. The molecule has 4 aromatic heterocycles. The molecule has 0 bridgehead atoms. The van der Waals surface area contributed by atoms with Crippen LogP contribution < -0.4 is 5.56 Å². The Morgan fingerprint density at radius 1 is 1.20 bits per heavy atom. The molecule has 0 aromatic carbocycles. The molecular weight excluding hydrogens is 419 g/mol. The average Bonchev–Trinajstić information content (AvgIpc) is 3.27. The molecule has 0 radical (unpaired) electrons. The van der Waals surface area contributed by atoms with Gasteiger partial charge in [0.05, 0.1) is 53.2 Å². The Bertz CT molecular complexity index is 1250. The smallest absolute Gasteiger partial charge is 0.394 e. The van der Waals surface area contributed by atoms with Gasteiger partial charge in [-0.15, -0.1) is 0 Å². The number of nitrogens with zero attached hydrogens (tertiary/aromatic N) is 5. The van der Waals surface area contributed by atoms with E-state index in [1.165, 1.54) is 34.6 Å². The van der Waals surface area contributed by atoms with E-state index in [9.17, 15) is 23.1 Å². The molecule has 30 heavy (non-hydrogen) atoms. The van der Waals surface area contributed by atoms with Gasteiger partial charge in [0.2, 0.25) is 0 Å². The first-order chi connectivity index (χ1) is 14.3. The third kappa shape index (κ3) is 3.57. The SMILES string of the molecule is CC(CO)n1cnc2c(-c3cnsc3)nc(-c3ccc(C(F)(F)F)cn3)cc2c1=O. The molecule has 0 saturated carbocycles. The maximum Gasteiger partial charge on any atom is 0.417 e. The summed E-state index contributed by atoms with van der Waals surface area (Å²) < 4.78 is 43.9. The second-order valence-electron chi connectivity index (χ2n) is 6.58. The van der Waals surface area contributed by atoms with Crippen LogP contribution in [0, 0.1) is 0 Å². The van der Waals surface area contributed by atoms with Gasteiger partial charge in [-0.1, -0.05) is 0 Å². The number of aromatic nitrogens is 5. The lowest BCUT2D eigenvalue weighted by Crippen LogP contribution is -2.25. The Morgan fingerprint density at radius 3 is 2.60 bits per heavy atom. The first-order valence-corrected chi connectivity index (χ1v) is 9.59. The zero-order chi connectivity index (χ0) is 21.5. The summed E-state index contributed by atoms with van der Waals surface area (Å²) in [7, 11) is 0. The summed E-state index contributed by atoms with van der Waals surface area (Å²) >= 11 is 1.19. The lowest BCUT2D eigenvalue weighted by atomic mass is 10.1. The maximum atomic E-state index is 13.0. The first kappa shape index (κ1) is 20.1. The molecule has 0 amide bonds. The minimum Gasteiger partial charge on any atom is -0.394 e. The number of aliphatic hydroxyl groups excluding tert-OH is 1. The van der Waals surface area contributed by atoms with Crippen molar-refractivity contribution in [3.8, 4) is 22.6 Å². The Labute approximate surface area is 171 Å². The van der Waals surface area contributed by atoms with Crippen LogP contribution in [0.25, 0.3) is 33.5 Å². The van der Waals surface area contributed by atoms with Gasteiger partial charge < -0.3 is 5.11 Å². The van der Waals surface area contributed by atoms with Crippen LogP contribution in [-0.4, -0.2) is 35.6 Å². The fraction of sp³-hybridized carbons (Fsp3) is 0.211. The number of hydrogen-bond acceptors (Lipinski definition) is 7. The van der Waals surface area contributed by atoms with Crippen LogP contribution >= 0.6 is 11.5 Å². The molecule has 0 saturated heterocycles. The number of aliphatic hydroxyl groups is 1. The zero-order valence-corrected chi connectivity index (χ0v) is 16.3. The van der Waals surface area contributed by atoms with Crippen molar-refractivity contribution in [3.05, 3.63) is 58.2 Å². The summed E-state index contributed by atoms with van der Waals surface area (Å²) in [5.74, 6) is 0. The first-order valence-electron chi connectivity index (χ1n) is 8.75. The van der Waals surface area contributed by atoms with Crippen LogP contribution in [0.4, 0.5) is 13.2 Å². The van der Waals surface area contributed by atoms with Crippen molar-refractivity contribution in [1.29, 1.82) is 0 Å². The molecule has 1 unspecified atom stereocenters. The summed E-state index contributed by atoms with van der Waals surface area (Å²) in [6, 6.07) is 3.07. The lowest BCUT2D eigenvalue weighted by Gasteiger charge is -2.14. The second kappa shape index (κ2) is 7.58. The van der Waals surface area contributed by atoms with Gasteiger partial charge >= 0.3 is 6.18 Å². The molecule has 1 atom stereocenters. The normalized spacial score (nSPS) is 13.0. The topological polar surface area (TPSA) is 93.8 Å². The van der Waals surface area contributed by atoms with Crippen molar-refractivity contribution in [1.82, 2.24) is 23.9 Å². The lowest BCUT2D eigenvalue weighted by molar-refractivity contribution is -0.137. The molecule has 0 aliphatic rings. The third-order valence-corrected chi connectivity index (χ3v) is 5.15. The largest absolute Gasteiger partial charge is 0.417 e. The number of fused-ring (bicyclic) bond motifs is 1. The highest BCUT2D eigenvalue weighted by molar-refractivity contribution is 7.03. The molecule has 4 rings (SSSR count). The van der Waals surface area contributed by atoms with Crippen LogP contribution in [0.1, 0.15) is 18.5 Å². The van der Waals surface area contributed by atoms with Gasteiger partial charge in [0.15, 0.2) is 0 Å². The Kier molecular flexibility index (Phi) is 5.08. The molecule has 0 fully saturated rings. The Hall–Kier alpha value is -3.18. The molecule has 154 valence electrons. The molecule has 0 aliphatic heterocycles. The zero-order valence-electron chi connectivity index (χ0n) is 15.5. The van der Waals surface area contributed by atoms with Crippen molar-refractivity contribution in [3.63, 3.8) is 0 Å². The number of hydrogen-bond donors (Lipinski definition) is 1. The standard InChI is InChI=1S/C19H14F3N5O2S/c1-10(7-28)27-9-24-17-13(18(27)29)4-15(26-16(17)11-5-25-30-8-11)14-3-2-12(6-23-14)19(20,21)22/h2-6,8-10,28H,7H2,1H3. The average molecular weight is 433 g/mol. The van der Waals surface area contributed by atoms with E-state index in [0.29, 0.717) is 16.8 Å². The fourth-order valence-corrected chi connectivity index (χ4v) is 3.43. The van der Waals surface area contributed by atoms with Crippen molar-refractivity contribution >= 4 is 22.4 Å². The molecule has 11 heteroatoms. The predicted octanol–water partition coefficient (Wildman–Crippen LogP) is 3.55. The highest BCUT2D eigenvalue weighted by Gasteiger charge is 2.30. The quantitative estimate of drug-likeness (QED) is 0.529. The highest BCUT2D eigenvalue weighted by Crippen LogP contribution is 2.31. The van der Waals surface area contributed by atoms with Gasteiger partial charge in [0, 0.05) is 17.1 Å². The van der Waals surface area contributed by atoms with E-state index in [1.807, 2.05) is 0 Å². The van der Waals surface area contributed by atoms with Crippen molar-refractivity contribution < 1.29 is 18.3 Å². The third-order valence-electron chi connectivity index (χ3n) is 4.57. The molecule has 1 N–H and O–H groups in total. The molecule has 4 heterocycles. The fourth-order valence-electron chi connectivity index (χ4n) is 2.91. The molecule has 0 aliphatic carbocycles. The molecule has 7 nitrogen and oxygen atoms in total. The second-order valence-corrected chi connectivity index (χ2v) is 7.24. The summed E-state index contributed by atoms with van der Waals surface area (Å²) in [5.41, 5.74) is 0.455. The van der Waals surface area contributed by atoms with E-state index in [4.69, 9.17) is 0 Å². The summed E-state index contributed by atoms with van der Waals surface area (Å²) in [5, 5.41) is 11.4. The number of rotatable bonds is 4. The van der Waals surface area contributed by atoms with Crippen molar-refractivity contribution in [2.24, 2.45) is 0 Å². The van der Waals surface area contributed by atoms with Crippen molar-refractivity contribution in [2.75, 3.05) is 6.61 Å². The van der Waals surface area contributed by atoms with Gasteiger partial charge in [-0.25, -0.2) is 14.3 Å². The van der Waals surface area contributed by atoms with E-state index < -0.39 is 23.3 Å². The Balaban J connectivity index is 1.96. The van der Waals surface area contributed by atoms with Crippen LogP contribution in [0.2, 0.25) is 0 Å². The van der Waals surface area contributed by atoms with Gasteiger partial charge in [0.25, 0.3) is 5.56 Å². The summed E-state index contributed by atoms with van der Waals surface area (Å²) in [4.78, 5) is 25.8. The molecule has 4 aromatic rings. The number of halogens is 3. The van der Waals surface area contributed by atoms with E-state index in [-0.39, 0.29) is 23.4 Å². The number of alkyl halides is 3. The van der Waals surface area contributed by atoms with Crippen LogP contribution in [0.15, 0.2) is 47.1 Å². The van der Waals surface area contributed by atoms with Crippen LogP contribution in [-0.2, 0) is 6.18 Å². The maximum absolute atomic E-state index is 13.0.